The molecule has 19 heavy (non-hydrogen) atoms. The normalized spacial score (nSPS) is 24.6. The summed E-state index contributed by atoms with van der Waals surface area (Å²) in [5.41, 5.74) is 6.50. The van der Waals surface area contributed by atoms with E-state index < -0.39 is 0 Å². The molecule has 1 saturated heterocycles. The SMILES string of the molecule is CC(C)N1CCC(CN)(N(CC2CC2)C(C)C)CC1. The first kappa shape index (κ1) is 15.3. The van der Waals surface area contributed by atoms with Gasteiger partial charge in [0.15, 0.2) is 0 Å². The first-order chi connectivity index (χ1) is 8.98. The molecule has 0 amide bonds. The van der Waals surface area contributed by atoms with Crippen LogP contribution in [-0.2, 0) is 0 Å². The maximum atomic E-state index is 6.23. The molecule has 0 aromatic carbocycles. The Labute approximate surface area is 119 Å². The van der Waals surface area contributed by atoms with Crippen LogP contribution in [-0.4, -0.2) is 53.6 Å². The summed E-state index contributed by atoms with van der Waals surface area (Å²) in [6.07, 6.45) is 5.35. The van der Waals surface area contributed by atoms with Crippen LogP contribution < -0.4 is 5.73 Å². The predicted molar refractivity (Wildman–Crippen MR) is 82.3 cm³/mol. The summed E-state index contributed by atoms with van der Waals surface area (Å²) in [5.74, 6) is 0.953. The lowest BCUT2D eigenvalue weighted by Gasteiger charge is -2.51. The molecule has 1 aliphatic heterocycles. The molecule has 1 aliphatic carbocycles. The zero-order chi connectivity index (χ0) is 14.0. The highest BCUT2D eigenvalue weighted by Crippen LogP contribution is 2.36. The largest absolute Gasteiger partial charge is 0.329 e. The molecule has 2 rings (SSSR count). The van der Waals surface area contributed by atoms with Gasteiger partial charge in [-0.25, -0.2) is 0 Å². The quantitative estimate of drug-likeness (QED) is 0.801. The van der Waals surface area contributed by atoms with Crippen LogP contribution >= 0.6 is 0 Å². The number of hydrogen-bond acceptors (Lipinski definition) is 3. The fourth-order valence-electron chi connectivity index (χ4n) is 3.60. The van der Waals surface area contributed by atoms with Gasteiger partial charge in [-0.2, -0.15) is 0 Å². The van der Waals surface area contributed by atoms with E-state index >= 15 is 0 Å². The van der Waals surface area contributed by atoms with Gasteiger partial charge in [-0.15, -0.1) is 0 Å². The standard InChI is InChI=1S/C16H33N3/c1-13(2)18-9-7-16(12-17,8-10-18)19(14(3)4)11-15-5-6-15/h13-15H,5-12,17H2,1-4H3. The molecule has 0 atom stereocenters. The number of nitrogens with zero attached hydrogens (tertiary/aromatic N) is 2. The maximum Gasteiger partial charge on any atom is 0.0358 e. The molecular formula is C16H33N3. The second-order valence-corrected chi connectivity index (χ2v) is 7.25. The second kappa shape index (κ2) is 6.11. The first-order valence-electron chi connectivity index (χ1n) is 8.19. The van der Waals surface area contributed by atoms with Crippen molar-refractivity contribution in [2.45, 2.75) is 71.0 Å². The topological polar surface area (TPSA) is 32.5 Å². The molecule has 1 saturated carbocycles. The van der Waals surface area contributed by atoms with Crippen LogP contribution in [0.2, 0.25) is 0 Å². The Morgan fingerprint density at radius 1 is 1.16 bits per heavy atom. The summed E-state index contributed by atoms with van der Waals surface area (Å²) in [5, 5.41) is 0. The Balaban J connectivity index is 2.03. The molecule has 2 N–H and O–H groups in total. The predicted octanol–water partition coefficient (Wildman–Crippen LogP) is 2.31. The monoisotopic (exact) mass is 267 g/mol. The van der Waals surface area contributed by atoms with E-state index in [4.69, 9.17) is 5.73 Å². The summed E-state index contributed by atoms with van der Waals surface area (Å²) in [6, 6.07) is 1.29. The Morgan fingerprint density at radius 3 is 2.11 bits per heavy atom. The van der Waals surface area contributed by atoms with Gasteiger partial charge in [-0.1, -0.05) is 0 Å². The lowest BCUT2D eigenvalue weighted by Crippen LogP contribution is -2.62. The third-order valence-electron chi connectivity index (χ3n) is 5.22. The van der Waals surface area contributed by atoms with Crippen molar-refractivity contribution in [1.82, 2.24) is 9.80 Å². The van der Waals surface area contributed by atoms with Crippen LogP contribution in [0.3, 0.4) is 0 Å². The van der Waals surface area contributed by atoms with Gasteiger partial charge in [-0.05, 0) is 59.3 Å². The minimum atomic E-state index is 0.266. The first-order valence-corrected chi connectivity index (χ1v) is 8.19. The molecule has 2 aliphatic rings. The van der Waals surface area contributed by atoms with Gasteiger partial charge in [0, 0.05) is 43.8 Å². The molecular weight excluding hydrogens is 234 g/mol. The van der Waals surface area contributed by atoms with Crippen molar-refractivity contribution in [3.8, 4) is 0 Å². The van der Waals surface area contributed by atoms with Gasteiger partial charge in [0.1, 0.15) is 0 Å². The average molecular weight is 267 g/mol. The molecule has 0 unspecified atom stereocenters. The van der Waals surface area contributed by atoms with Crippen LogP contribution in [0.4, 0.5) is 0 Å². The van der Waals surface area contributed by atoms with Crippen LogP contribution in [0.1, 0.15) is 53.4 Å². The minimum absolute atomic E-state index is 0.266. The minimum Gasteiger partial charge on any atom is -0.329 e. The third-order valence-corrected chi connectivity index (χ3v) is 5.22. The molecule has 2 fully saturated rings. The molecule has 3 nitrogen and oxygen atoms in total. The van der Waals surface area contributed by atoms with E-state index in [1.807, 2.05) is 0 Å². The van der Waals surface area contributed by atoms with Gasteiger partial charge in [-0.3, -0.25) is 4.90 Å². The summed E-state index contributed by atoms with van der Waals surface area (Å²) >= 11 is 0. The van der Waals surface area contributed by atoms with Crippen molar-refractivity contribution in [2.24, 2.45) is 11.7 Å². The summed E-state index contributed by atoms with van der Waals surface area (Å²) in [6.45, 7) is 13.8. The smallest absolute Gasteiger partial charge is 0.0358 e. The van der Waals surface area contributed by atoms with Gasteiger partial charge >= 0.3 is 0 Å². The van der Waals surface area contributed by atoms with E-state index in [0.717, 1.165) is 12.5 Å². The Bertz CT molecular complexity index is 276. The highest BCUT2D eigenvalue weighted by Gasteiger charge is 2.42. The molecule has 1 heterocycles. The molecule has 0 aromatic rings. The molecule has 0 radical (unpaired) electrons. The zero-order valence-electron chi connectivity index (χ0n) is 13.4. The molecule has 0 bridgehead atoms. The van der Waals surface area contributed by atoms with Crippen molar-refractivity contribution in [3.05, 3.63) is 0 Å². The summed E-state index contributed by atoms with van der Waals surface area (Å²) in [4.78, 5) is 5.34. The number of piperidine rings is 1. The number of hydrogen-bond donors (Lipinski definition) is 1. The van der Waals surface area contributed by atoms with Crippen molar-refractivity contribution >= 4 is 0 Å². The van der Waals surface area contributed by atoms with E-state index in [0.29, 0.717) is 12.1 Å². The van der Waals surface area contributed by atoms with E-state index in [-0.39, 0.29) is 5.54 Å². The summed E-state index contributed by atoms with van der Waals surface area (Å²) < 4.78 is 0. The molecule has 112 valence electrons. The van der Waals surface area contributed by atoms with Gasteiger partial charge in [0.05, 0.1) is 0 Å². The third kappa shape index (κ3) is 3.50. The van der Waals surface area contributed by atoms with Crippen molar-refractivity contribution in [3.63, 3.8) is 0 Å². The average Bonchev–Trinajstić information content (AvgIpc) is 3.19. The lowest BCUT2D eigenvalue weighted by atomic mass is 9.84. The highest BCUT2D eigenvalue weighted by atomic mass is 15.3. The highest BCUT2D eigenvalue weighted by molar-refractivity contribution is 4.99. The van der Waals surface area contributed by atoms with Gasteiger partial charge < -0.3 is 10.6 Å². The van der Waals surface area contributed by atoms with Gasteiger partial charge in [0.25, 0.3) is 0 Å². The number of rotatable bonds is 6. The van der Waals surface area contributed by atoms with E-state index in [2.05, 4.69) is 37.5 Å². The molecule has 0 aromatic heterocycles. The number of nitrogens with two attached hydrogens (primary N) is 1. The van der Waals surface area contributed by atoms with Crippen LogP contribution in [0.15, 0.2) is 0 Å². The fourth-order valence-corrected chi connectivity index (χ4v) is 3.60. The second-order valence-electron chi connectivity index (χ2n) is 7.25. The van der Waals surface area contributed by atoms with E-state index in [9.17, 15) is 0 Å². The van der Waals surface area contributed by atoms with Crippen molar-refractivity contribution in [2.75, 3.05) is 26.2 Å². The Kier molecular flexibility index (Phi) is 4.91. The zero-order valence-corrected chi connectivity index (χ0v) is 13.4. The Hall–Kier alpha value is -0.120. The van der Waals surface area contributed by atoms with E-state index in [1.54, 1.807) is 0 Å². The lowest BCUT2D eigenvalue weighted by molar-refractivity contribution is -0.00435. The molecule has 3 heteroatoms. The Morgan fingerprint density at radius 2 is 1.74 bits per heavy atom. The van der Waals surface area contributed by atoms with Crippen LogP contribution in [0.25, 0.3) is 0 Å². The fraction of sp³-hybridized carbons (Fsp3) is 1.00. The maximum absolute atomic E-state index is 6.23. The van der Waals surface area contributed by atoms with E-state index in [1.165, 1.54) is 45.3 Å². The van der Waals surface area contributed by atoms with Crippen LogP contribution in [0, 0.1) is 5.92 Å². The van der Waals surface area contributed by atoms with Crippen LogP contribution in [0.5, 0.6) is 0 Å². The number of likely N-dealkylation sites (tertiary alicyclic amines) is 1. The van der Waals surface area contributed by atoms with Gasteiger partial charge in [0.2, 0.25) is 0 Å². The van der Waals surface area contributed by atoms with Crippen molar-refractivity contribution < 1.29 is 0 Å². The van der Waals surface area contributed by atoms with Crippen molar-refractivity contribution in [1.29, 1.82) is 0 Å². The molecule has 0 spiro atoms. The summed E-state index contributed by atoms with van der Waals surface area (Å²) in [7, 11) is 0.